The highest BCUT2D eigenvalue weighted by atomic mass is 35.5. The zero-order valence-corrected chi connectivity index (χ0v) is 17.5. The number of halogens is 1. The molecular weight excluding hydrogens is 396 g/mol. The van der Waals surface area contributed by atoms with Crippen LogP contribution in [0.15, 0.2) is 60.9 Å². The molecule has 2 N–H and O–H groups in total. The summed E-state index contributed by atoms with van der Waals surface area (Å²) in [6.07, 6.45) is 4.77. The summed E-state index contributed by atoms with van der Waals surface area (Å²) in [5, 5.41) is 14.2. The minimum absolute atomic E-state index is 0.0881. The van der Waals surface area contributed by atoms with Gasteiger partial charge in [-0.2, -0.15) is 4.57 Å². The van der Waals surface area contributed by atoms with Crippen LogP contribution in [0.25, 0.3) is 11.5 Å². The third-order valence-corrected chi connectivity index (χ3v) is 5.61. The SMILES string of the molecule is CCc1ccc(NC(=S)/C(=C(/O)c2ccc(Cl)s2)[n+]2cccc(C)c2)cc1. The second-order valence-corrected chi connectivity index (χ2v) is 8.22. The van der Waals surface area contributed by atoms with Crippen molar-refractivity contribution in [1.29, 1.82) is 0 Å². The molecule has 3 rings (SSSR count). The van der Waals surface area contributed by atoms with Gasteiger partial charge in [0.15, 0.2) is 17.4 Å². The maximum Gasteiger partial charge on any atom is 0.289 e. The average Bonchev–Trinajstić information content (AvgIpc) is 3.09. The fraction of sp³-hybridized carbons (Fsp3) is 0.143. The molecule has 6 heteroatoms. The Balaban J connectivity index is 2.02. The molecule has 0 spiro atoms. The van der Waals surface area contributed by atoms with E-state index in [1.54, 1.807) is 12.1 Å². The van der Waals surface area contributed by atoms with Crippen LogP contribution >= 0.6 is 35.2 Å². The summed E-state index contributed by atoms with van der Waals surface area (Å²) in [6, 6.07) is 15.6. The lowest BCUT2D eigenvalue weighted by atomic mass is 10.1. The number of anilines is 1. The summed E-state index contributed by atoms with van der Waals surface area (Å²) in [7, 11) is 0. The Morgan fingerprint density at radius 3 is 2.52 bits per heavy atom. The van der Waals surface area contributed by atoms with Gasteiger partial charge >= 0.3 is 0 Å². The molecule has 0 radical (unpaired) electrons. The van der Waals surface area contributed by atoms with Crippen LogP contribution in [-0.2, 0) is 6.42 Å². The predicted molar refractivity (Wildman–Crippen MR) is 118 cm³/mol. The summed E-state index contributed by atoms with van der Waals surface area (Å²) in [5.41, 5.74) is 3.69. The number of aromatic nitrogens is 1. The standard InChI is InChI=1S/C21H19ClN2OS2/c1-3-15-6-8-16(9-7-15)23-21(26)19(24-12-4-5-14(2)13-24)20(25)17-10-11-18(22)27-17/h4-13H,3H2,1-2H3,(H-,23,25,26)/p+1. The van der Waals surface area contributed by atoms with Crippen molar-refractivity contribution < 1.29 is 9.67 Å². The maximum atomic E-state index is 11.0. The quantitative estimate of drug-likeness (QED) is 0.236. The molecule has 0 atom stereocenters. The smallest absolute Gasteiger partial charge is 0.289 e. The molecule has 1 aromatic carbocycles. The first-order valence-electron chi connectivity index (χ1n) is 8.55. The van der Waals surface area contributed by atoms with Gasteiger partial charge < -0.3 is 10.4 Å². The number of aliphatic hydroxyl groups is 1. The van der Waals surface area contributed by atoms with E-state index in [0.29, 0.717) is 19.9 Å². The van der Waals surface area contributed by atoms with Crippen molar-refractivity contribution in [2.24, 2.45) is 0 Å². The predicted octanol–water partition coefficient (Wildman–Crippen LogP) is 5.88. The van der Waals surface area contributed by atoms with Crippen LogP contribution in [0.4, 0.5) is 5.69 Å². The first-order chi connectivity index (χ1) is 13.0. The molecule has 0 unspecified atom stereocenters. The zero-order chi connectivity index (χ0) is 19.4. The third kappa shape index (κ3) is 4.75. The number of nitrogens with one attached hydrogen (secondary N) is 1. The average molecular weight is 416 g/mol. The Kier molecular flexibility index (Phi) is 6.26. The van der Waals surface area contributed by atoms with Crippen molar-refractivity contribution in [2.75, 3.05) is 5.32 Å². The highest BCUT2D eigenvalue weighted by Gasteiger charge is 2.25. The number of hydrogen-bond acceptors (Lipinski definition) is 3. The lowest BCUT2D eigenvalue weighted by Crippen LogP contribution is -2.38. The molecule has 0 aliphatic carbocycles. The van der Waals surface area contributed by atoms with E-state index in [1.165, 1.54) is 16.9 Å². The summed E-state index contributed by atoms with van der Waals surface area (Å²) >= 11 is 13.0. The molecule has 138 valence electrons. The van der Waals surface area contributed by atoms with Crippen LogP contribution in [0.5, 0.6) is 0 Å². The Bertz CT molecular complexity index is 993. The van der Waals surface area contributed by atoms with Crippen molar-refractivity contribution in [1.82, 2.24) is 0 Å². The largest absolute Gasteiger partial charge is 0.501 e. The number of nitrogens with zero attached hydrogens (tertiary/aromatic N) is 1. The maximum absolute atomic E-state index is 11.0. The lowest BCUT2D eigenvalue weighted by Gasteiger charge is -2.10. The first kappa shape index (κ1) is 19.5. The number of thiocarbonyl (C=S) groups is 1. The number of rotatable bonds is 5. The van der Waals surface area contributed by atoms with Crippen molar-refractivity contribution >= 4 is 57.3 Å². The van der Waals surface area contributed by atoms with Gasteiger partial charge in [-0.05, 0) is 49.2 Å². The summed E-state index contributed by atoms with van der Waals surface area (Å²) < 4.78 is 2.44. The van der Waals surface area contributed by atoms with Gasteiger partial charge in [-0.15, -0.1) is 11.3 Å². The van der Waals surface area contributed by atoms with Gasteiger partial charge in [-0.1, -0.05) is 42.9 Å². The van der Waals surface area contributed by atoms with Gasteiger partial charge in [-0.3, -0.25) is 0 Å². The second-order valence-electron chi connectivity index (χ2n) is 6.09. The molecule has 0 saturated carbocycles. The first-order valence-corrected chi connectivity index (χ1v) is 10.2. The summed E-state index contributed by atoms with van der Waals surface area (Å²) in [4.78, 5) is 1.09. The normalized spacial score (nSPS) is 11.8. The van der Waals surface area contributed by atoms with Crippen LogP contribution in [0.1, 0.15) is 22.9 Å². The topological polar surface area (TPSA) is 36.1 Å². The highest BCUT2D eigenvalue weighted by Crippen LogP contribution is 2.29. The van der Waals surface area contributed by atoms with Crippen molar-refractivity contribution in [3.63, 3.8) is 0 Å². The summed E-state index contributed by atoms with van der Waals surface area (Å²) in [6.45, 7) is 4.11. The highest BCUT2D eigenvalue weighted by molar-refractivity contribution is 7.81. The Morgan fingerprint density at radius 2 is 1.93 bits per heavy atom. The van der Waals surface area contributed by atoms with Gasteiger partial charge in [0.05, 0.1) is 9.21 Å². The molecule has 0 saturated heterocycles. The van der Waals surface area contributed by atoms with Crippen molar-refractivity contribution in [3.05, 3.63) is 81.3 Å². The fourth-order valence-corrected chi connectivity index (χ4v) is 3.96. The summed E-state index contributed by atoms with van der Waals surface area (Å²) in [5.74, 6) is 0.0881. The molecular formula is C21H20ClN2OS2+. The Morgan fingerprint density at radius 1 is 1.19 bits per heavy atom. The molecule has 0 bridgehead atoms. The van der Waals surface area contributed by atoms with E-state index in [-0.39, 0.29) is 5.76 Å². The van der Waals surface area contributed by atoms with Gasteiger partial charge in [0, 0.05) is 17.3 Å². The molecule has 2 aromatic heterocycles. The molecule has 27 heavy (non-hydrogen) atoms. The minimum atomic E-state index is 0.0881. The van der Waals surface area contributed by atoms with E-state index in [0.717, 1.165) is 17.7 Å². The molecule has 3 aromatic rings. The van der Waals surface area contributed by atoms with Crippen LogP contribution < -0.4 is 9.88 Å². The monoisotopic (exact) mass is 415 g/mol. The van der Waals surface area contributed by atoms with E-state index in [2.05, 4.69) is 24.4 Å². The number of thiophene rings is 1. The van der Waals surface area contributed by atoms with Gasteiger partial charge in [0.2, 0.25) is 5.76 Å². The van der Waals surface area contributed by atoms with Crippen molar-refractivity contribution in [2.45, 2.75) is 20.3 Å². The van der Waals surface area contributed by atoms with Crippen LogP contribution in [0.2, 0.25) is 4.34 Å². The number of hydrogen-bond donors (Lipinski definition) is 2. The number of pyridine rings is 1. The van der Waals surface area contributed by atoms with Gasteiger partial charge in [-0.25, -0.2) is 0 Å². The molecule has 3 nitrogen and oxygen atoms in total. The molecule has 0 fully saturated rings. The van der Waals surface area contributed by atoms with E-state index >= 15 is 0 Å². The number of benzene rings is 1. The van der Waals surface area contributed by atoms with E-state index in [1.807, 2.05) is 48.1 Å². The Hall–Kier alpha value is -2.21. The number of aliphatic hydroxyl groups excluding tert-OH is 1. The van der Waals surface area contributed by atoms with Gasteiger partial charge in [0.1, 0.15) is 0 Å². The van der Waals surface area contributed by atoms with Crippen LogP contribution in [-0.4, -0.2) is 10.1 Å². The molecule has 0 amide bonds. The fourth-order valence-electron chi connectivity index (χ4n) is 2.65. The molecule has 2 heterocycles. The van der Waals surface area contributed by atoms with Gasteiger partial charge in [0.25, 0.3) is 5.70 Å². The minimum Gasteiger partial charge on any atom is -0.501 e. The van der Waals surface area contributed by atoms with E-state index < -0.39 is 0 Å². The molecule has 0 aliphatic rings. The van der Waals surface area contributed by atoms with E-state index in [4.69, 9.17) is 23.8 Å². The third-order valence-electron chi connectivity index (χ3n) is 4.07. The van der Waals surface area contributed by atoms with E-state index in [9.17, 15) is 5.11 Å². The molecule has 0 aliphatic heterocycles. The van der Waals surface area contributed by atoms with Crippen LogP contribution in [0, 0.1) is 6.92 Å². The Labute approximate surface area is 173 Å². The lowest BCUT2D eigenvalue weighted by molar-refractivity contribution is -0.576. The van der Waals surface area contributed by atoms with Crippen LogP contribution in [0.3, 0.4) is 0 Å². The number of aryl methyl sites for hydroxylation is 2. The zero-order valence-electron chi connectivity index (χ0n) is 15.1. The van der Waals surface area contributed by atoms with Crippen molar-refractivity contribution in [3.8, 4) is 0 Å². The second kappa shape index (κ2) is 8.65.